The Labute approximate surface area is 96.1 Å². The molecule has 0 atom stereocenters. The summed E-state index contributed by atoms with van der Waals surface area (Å²) in [6.45, 7) is 2.17. The lowest BCUT2D eigenvalue weighted by atomic mass is 9.85. The van der Waals surface area contributed by atoms with Crippen molar-refractivity contribution in [3.8, 4) is 0 Å². The van der Waals surface area contributed by atoms with E-state index >= 15 is 0 Å². The van der Waals surface area contributed by atoms with Gasteiger partial charge in [-0.1, -0.05) is 24.6 Å². The molecule has 1 heterocycles. The van der Waals surface area contributed by atoms with Gasteiger partial charge in [0.25, 0.3) is 0 Å². The van der Waals surface area contributed by atoms with Crippen LogP contribution in [0.1, 0.15) is 24.8 Å². The molecule has 0 saturated heterocycles. The molecule has 84 valence electrons. The first kappa shape index (κ1) is 9.91. The van der Waals surface area contributed by atoms with E-state index in [0.29, 0.717) is 0 Å². The van der Waals surface area contributed by atoms with Crippen molar-refractivity contribution in [1.82, 2.24) is 10.3 Å². The predicted molar refractivity (Wildman–Crippen MR) is 67.3 cm³/mol. The zero-order valence-corrected chi connectivity index (χ0v) is 9.50. The SMILES string of the molecule is c1ccc2c(CNCC3CCC3)c[nH]c2c1. The molecule has 0 amide bonds. The van der Waals surface area contributed by atoms with Crippen LogP contribution in [0.25, 0.3) is 10.9 Å². The van der Waals surface area contributed by atoms with E-state index in [1.165, 1.54) is 42.3 Å². The second kappa shape index (κ2) is 4.30. The highest BCUT2D eigenvalue weighted by atomic mass is 14.9. The maximum absolute atomic E-state index is 3.56. The normalized spacial score (nSPS) is 16.5. The maximum atomic E-state index is 3.56. The van der Waals surface area contributed by atoms with Crippen LogP contribution in [0, 0.1) is 5.92 Å². The van der Waals surface area contributed by atoms with Crippen molar-refractivity contribution >= 4 is 10.9 Å². The van der Waals surface area contributed by atoms with E-state index in [9.17, 15) is 0 Å². The van der Waals surface area contributed by atoms with Gasteiger partial charge < -0.3 is 10.3 Å². The van der Waals surface area contributed by atoms with Crippen molar-refractivity contribution in [3.63, 3.8) is 0 Å². The van der Waals surface area contributed by atoms with Crippen molar-refractivity contribution in [3.05, 3.63) is 36.0 Å². The first-order valence-electron chi connectivity index (χ1n) is 6.19. The molecule has 2 heteroatoms. The highest BCUT2D eigenvalue weighted by Gasteiger charge is 2.16. The highest BCUT2D eigenvalue weighted by Crippen LogP contribution is 2.25. The molecular weight excluding hydrogens is 196 g/mol. The van der Waals surface area contributed by atoms with Gasteiger partial charge in [0.15, 0.2) is 0 Å². The van der Waals surface area contributed by atoms with Crippen LogP contribution in [0.2, 0.25) is 0 Å². The van der Waals surface area contributed by atoms with Crippen molar-refractivity contribution in [1.29, 1.82) is 0 Å². The summed E-state index contributed by atoms with van der Waals surface area (Å²) in [5.74, 6) is 0.935. The average molecular weight is 214 g/mol. The molecule has 2 aromatic rings. The Balaban J connectivity index is 1.64. The number of H-pyrrole nitrogens is 1. The Bertz CT molecular complexity index is 468. The van der Waals surface area contributed by atoms with Crippen molar-refractivity contribution in [2.45, 2.75) is 25.8 Å². The summed E-state index contributed by atoms with van der Waals surface area (Å²) in [5.41, 5.74) is 2.62. The number of rotatable bonds is 4. The van der Waals surface area contributed by atoms with Crippen LogP contribution >= 0.6 is 0 Å². The number of para-hydroxylation sites is 1. The number of nitrogens with one attached hydrogen (secondary N) is 2. The molecule has 1 aromatic heterocycles. The lowest BCUT2D eigenvalue weighted by Gasteiger charge is -2.25. The molecule has 3 rings (SSSR count). The van der Waals surface area contributed by atoms with Crippen LogP contribution in [0.5, 0.6) is 0 Å². The fourth-order valence-corrected chi connectivity index (χ4v) is 2.39. The largest absolute Gasteiger partial charge is 0.361 e. The van der Waals surface area contributed by atoms with Gasteiger partial charge in [-0.2, -0.15) is 0 Å². The van der Waals surface area contributed by atoms with Crippen LogP contribution in [0.15, 0.2) is 30.5 Å². The summed E-state index contributed by atoms with van der Waals surface area (Å²) in [7, 11) is 0. The zero-order valence-electron chi connectivity index (χ0n) is 9.50. The number of hydrogen-bond acceptors (Lipinski definition) is 1. The Kier molecular flexibility index (Phi) is 2.66. The number of aromatic amines is 1. The van der Waals surface area contributed by atoms with Gasteiger partial charge in [-0.25, -0.2) is 0 Å². The molecular formula is C14H18N2. The molecule has 16 heavy (non-hydrogen) atoms. The molecule has 2 N–H and O–H groups in total. The highest BCUT2D eigenvalue weighted by molar-refractivity contribution is 5.82. The number of benzene rings is 1. The van der Waals surface area contributed by atoms with Gasteiger partial charge in [-0.3, -0.25) is 0 Å². The molecule has 2 nitrogen and oxygen atoms in total. The van der Waals surface area contributed by atoms with E-state index in [4.69, 9.17) is 0 Å². The summed E-state index contributed by atoms with van der Waals surface area (Å²) in [6.07, 6.45) is 6.39. The standard InChI is InChI=1S/C14H18N2/c1-2-7-14-13(6-1)12(10-16-14)9-15-8-11-4-3-5-11/h1-2,6-7,10-11,15-16H,3-5,8-9H2. The number of aromatic nitrogens is 1. The van der Waals surface area contributed by atoms with E-state index in [1.807, 2.05) is 0 Å². The Morgan fingerprint density at radius 3 is 2.94 bits per heavy atom. The Morgan fingerprint density at radius 2 is 2.12 bits per heavy atom. The number of fused-ring (bicyclic) bond motifs is 1. The van der Waals surface area contributed by atoms with Crippen LogP contribution in [-0.4, -0.2) is 11.5 Å². The average Bonchev–Trinajstić information content (AvgIpc) is 2.65. The lowest BCUT2D eigenvalue weighted by Crippen LogP contribution is -2.26. The first-order chi connectivity index (χ1) is 7.93. The lowest BCUT2D eigenvalue weighted by molar-refractivity contribution is 0.301. The second-order valence-corrected chi connectivity index (χ2v) is 4.79. The topological polar surface area (TPSA) is 27.8 Å². The summed E-state index contributed by atoms with van der Waals surface area (Å²) in [5, 5.41) is 4.91. The minimum Gasteiger partial charge on any atom is -0.361 e. The van der Waals surface area contributed by atoms with Crippen LogP contribution in [0.4, 0.5) is 0 Å². The van der Waals surface area contributed by atoms with Gasteiger partial charge in [-0.05, 0) is 36.9 Å². The number of hydrogen-bond donors (Lipinski definition) is 2. The molecule has 1 aliphatic carbocycles. The first-order valence-corrected chi connectivity index (χ1v) is 6.19. The molecule has 0 radical (unpaired) electrons. The van der Waals surface area contributed by atoms with Gasteiger partial charge >= 0.3 is 0 Å². The van der Waals surface area contributed by atoms with Crippen molar-refractivity contribution in [2.24, 2.45) is 5.92 Å². The summed E-state index contributed by atoms with van der Waals surface area (Å²) in [6, 6.07) is 8.49. The van der Waals surface area contributed by atoms with Gasteiger partial charge in [0.1, 0.15) is 0 Å². The monoisotopic (exact) mass is 214 g/mol. The summed E-state index contributed by atoms with van der Waals surface area (Å²) in [4.78, 5) is 3.31. The zero-order chi connectivity index (χ0) is 10.8. The quantitative estimate of drug-likeness (QED) is 0.804. The molecule has 0 bridgehead atoms. The summed E-state index contributed by atoms with van der Waals surface area (Å²) < 4.78 is 0. The molecule has 1 aliphatic rings. The van der Waals surface area contributed by atoms with E-state index in [0.717, 1.165) is 12.5 Å². The third-order valence-electron chi connectivity index (χ3n) is 3.65. The molecule has 1 saturated carbocycles. The smallest absolute Gasteiger partial charge is 0.0457 e. The van der Waals surface area contributed by atoms with E-state index in [-0.39, 0.29) is 0 Å². The van der Waals surface area contributed by atoms with Gasteiger partial charge in [-0.15, -0.1) is 0 Å². The summed E-state index contributed by atoms with van der Waals surface area (Å²) >= 11 is 0. The second-order valence-electron chi connectivity index (χ2n) is 4.79. The van der Waals surface area contributed by atoms with E-state index < -0.39 is 0 Å². The third-order valence-corrected chi connectivity index (χ3v) is 3.65. The van der Waals surface area contributed by atoms with Crippen LogP contribution in [0.3, 0.4) is 0 Å². The molecule has 1 fully saturated rings. The van der Waals surface area contributed by atoms with Crippen LogP contribution in [-0.2, 0) is 6.54 Å². The minimum absolute atomic E-state index is 0.935. The van der Waals surface area contributed by atoms with E-state index in [2.05, 4.69) is 40.8 Å². The van der Waals surface area contributed by atoms with Gasteiger partial charge in [0, 0.05) is 23.6 Å². The molecule has 0 aliphatic heterocycles. The molecule has 0 spiro atoms. The van der Waals surface area contributed by atoms with E-state index in [1.54, 1.807) is 0 Å². The molecule has 0 unspecified atom stereocenters. The molecule has 1 aromatic carbocycles. The third kappa shape index (κ3) is 1.85. The predicted octanol–water partition coefficient (Wildman–Crippen LogP) is 3.06. The fourth-order valence-electron chi connectivity index (χ4n) is 2.39. The van der Waals surface area contributed by atoms with Crippen LogP contribution < -0.4 is 5.32 Å². The van der Waals surface area contributed by atoms with Gasteiger partial charge in [0.2, 0.25) is 0 Å². The minimum atomic E-state index is 0.935. The Morgan fingerprint density at radius 1 is 1.25 bits per heavy atom. The van der Waals surface area contributed by atoms with Gasteiger partial charge in [0.05, 0.1) is 0 Å². The van der Waals surface area contributed by atoms with Crippen molar-refractivity contribution < 1.29 is 0 Å². The fraction of sp³-hybridized carbons (Fsp3) is 0.429. The Hall–Kier alpha value is -1.28. The van der Waals surface area contributed by atoms with Crippen molar-refractivity contribution in [2.75, 3.05) is 6.54 Å². The maximum Gasteiger partial charge on any atom is 0.0457 e.